The largest absolute Gasteiger partial charge is 0.487 e. The number of nitrogens with two attached hydrogens (primary N) is 1. The van der Waals surface area contributed by atoms with E-state index in [4.69, 9.17) is 10.5 Å². The van der Waals surface area contributed by atoms with E-state index in [1.165, 1.54) is 10.6 Å². The average molecular weight is 559 g/mol. The normalized spacial score (nSPS) is 11.6. The van der Waals surface area contributed by atoms with Gasteiger partial charge in [-0.15, -0.1) is 12.4 Å². The summed E-state index contributed by atoms with van der Waals surface area (Å²) in [5.41, 5.74) is 6.79. The van der Waals surface area contributed by atoms with Gasteiger partial charge >= 0.3 is 0 Å². The van der Waals surface area contributed by atoms with Crippen LogP contribution in [0.25, 0.3) is 0 Å². The number of pyridine rings is 1. The Kier molecular flexibility index (Phi) is 9.66. The molecule has 3 N–H and O–H groups in total. The zero-order chi connectivity index (χ0) is 24.1. The van der Waals surface area contributed by atoms with Gasteiger partial charge < -0.3 is 20.4 Å². The van der Waals surface area contributed by atoms with Gasteiger partial charge in [-0.05, 0) is 41.9 Å². The van der Waals surface area contributed by atoms with E-state index in [0.29, 0.717) is 23.6 Å². The highest BCUT2D eigenvalue weighted by Crippen LogP contribution is 2.24. The molecule has 0 aliphatic heterocycles. The number of nitrogens with zero attached hydrogens (tertiary/aromatic N) is 3. The maximum atomic E-state index is 13.8. The Morgan fingerprint density at radius 2 is 1.91 bits per heavy atom. The highest BCUT2D eigenvalue weighted by atomic mass is 79.9. The minimum Gasteiger partial charge on any atom is -0.487 e. The van der Waals surface area contributed by atoms with Crippen LogP contribution in [-0.4, -0.2) is 26.5 Å². The summed E-state index contributed by atoms with van der Waals surface area (Å²) in [6.07, 6.45) is 3.10. The third-order valence-corrected chi connectivity index (χ3v) is 5.64. The van der Waals surface area contributed by atoms with Crippen LogP contribution >= 0.6 is 28.3 Å². The maximum Gasteiger partial charge on any atom is 0.269 e. The molecule has 3 aromatic rings. The highest BCUT2D eigenvalue weighted by molar-refractivity contribution is 9.10. The number of aromatic nitrogens is 3. The SMILES string of the molecule is Cc1cc(OCc2ccc(F)cc2F)c(Br)c(=O)n1Cc1cnc(CN[C@H](C)C(N)=O)cn1.Cl. The van der Waals surface area contributed by atoms with Crippen molar-refractivity contribution >= 4 is 34.2 Å². The zero-order valence-corrected chi connectivity index (χ0v) is 20.8. The third-order valence-electron chi connectivity index (χ3n) is 4.91. The lowest BCUT2D eigenvalue weighted by Crippen LogP contribution is -2.38. The molecule has 1 amide bonds. The quantitative estimate of drug-likeness (QED) is 0.418. The van der Waals surface area contributed by atoms with Crippen LogP contribution in [0.2, 0.25) is 0 Å². The Hall–Kier alpha value is -2.89. The molecule has 2 aromatic heterocycles. The fraction of sp³-hybridized carbons (Fsp3) is 0.273. The number of halogens is 4. The van der Waals surface area contributed by atoms with E-state index < -0.39 is 23.6 Å². The predicted octanol–water partition coefficient (Wildman–Crippen LogP) is 3.00. The molecule has 0 radical (unpaired) electrons. The lowest BCUT2D eigenvalue weighted by atomic mass is 10.2. The lowest BCUT2D eigenvalue weighted by molar-refractivity contribution is -0.119. The Labute approximate surface area is 209 Å². The standard InChI is InChI=1S/C22H22BrF2N5O3.ClH/c1-12-5-19(33-11-14-3-4-15(24)6-18(14)25)20(23)22(32)30(12)10-17-9-28-16(8-29-17)7-27-13(2)21(26)31;/h3-6,8-9,13,27H,7,10-11H2,1-2H3,(H2,26,31);1H/t13-;/m1./s1. The maximum absolute atomic E-state index is 13.8. The second-order valence-corrected chi connectivity index (χ2v) is 8.18. The summed E-state index contributed by atoms with van der Waals surface area (Å²) in [5.74, 6) is -1.62. The van der Waals surface area contributed by atoms with Crippen LogP contribution in [0.3, 0.4) is 0 Å². The van der Waals surface area contributed by atoms with Crippen molar-refractivity contribution in [3.05, 3.63) is 85.8 Å². The van der Waals surface area contributed by atoms with E-state index in [1.807, 2.05) is 0 Å². The molecule has 0 unspecified atom stereocenters. The molecule has 34 heavy (non-hydrogen) atoms. The number of primary amides is 1. The molecule has 3 rings (SSSR count). The van der Waals surface area contributed by atoms with Crippen molar-refractivity contribution in [2.45, 2.75) is 39.6 Å². The molecular weight excluding hydrogens is 536 g/mol. The minimum atomic E-state index is -0.725. The van der Waals surface area contributed by atoms with Crippen molar-refractivity contribution in [3.8, 4) is 5.75 Å². The summed E-state index contributed by atoms with van der Waals surface area (Å²) < 4.78 is 34.2. The van der Waals surface area contributed by atoms with E-state index in [2.05, 4.69) is 31.2 Å². The molecule has 0 saturated carbocycles. The van der Waals surface area contributed by atoms with Crippen molar-refractivity contribution in [3.63, 3.8) is 0 Å². The van der Waals surface area contributed by atoms with E-state index in [0.717, 1.165) is 12.1 Å². The van der Waals surface area contributed by atoms with Gasteiger partial charge in [-0.3, -0.25) is 19.6 Å². The number of hydrogen-bond donors (Lipinski definition) is 2. The number of carbonyl (C=O) groups excluding carboxylic acids is 1. The molecule has 8 nitrogen and oxygen atoms in total. The van der Waals surface area contributed by atoms with Crippen molar-refractivity contribution in [2.24, 2.45) is 5.73 Å². The first-order valence-electron chi connectivity index (χ1n) is 9.95. The molecule has 182 valence electrons. The van der Waals surface area contributed by atoms with E-state index >= 15 is 0 Å². The Morgan fingerprint density at radius 1 is 1.24 bits per heavy atom. The molecule has 1 atom stereocenters. The summed E-state index contributed by atoms with van der Waals surface area (Å²) in [7, 11) is 0. The molecule has 0 bridgehead atoms. The smallest absolute Gasteiger partial charge is 0.269 e. The van der Waals surface area contributed by atoms with Gasteiger partial charge in [0.15, 0.2) is 0 Å². The number of amides is 1. The summed E-state index contributed by atoms with van der Waals surface area (Å²) in [4.78, 5) is 32.6. The second-order valence-electron chi connectivity index (χ2n) is 7.38. The summed E-state index contributed by atoms with van der Waals surface area (Å²) in [6.45, 7) is 3.72. The third kappa shape index (κ3) is 6.81. The molecule has 0 saturated heterocycles. The molecule has 1 aromatic carbocycles. The molecule has 0 spiro atoms. The molecule has 2 heterocycles. The second kappa shape index (κ2) is 12.0. The van der Waals surface area contributed by atoms with Crippen molar-refractivity contribution < 1.29 is 18.3 Å². The fourth-order valence-electron chi connectivity index (χ4n) is 2.89. The van der Waals surface area contributed by atoms with Crippen LogP contribution in [0.15, 0.2) is 45.9 Å². The first-order chi connectivity index (χ1) is 15.7. The van der Waals surface area contributed by atoms with Crippen LogP contribution < -0.4 is 21.3 Å². The van der Waals surface area contributed by atoms with Gasteiger partial charge in [-0.1, -0.05) is 0 Å². The van der Waals surface area contributed by atoms with Crippen molar-refractivity contribution in [1.82, 2.24) is 19.9 Å². The highest BCUT2D eigenvalue weighted by Gasteiger charge is 2.15. The van der Waals surface area contributed by atoms with E-state index in [9.17, 15) is 18.4 Å². The molecule has 12 heteroatoms. The fourth-order valence-corrected chi connectivity index (χ4v) is 3.33. The summed E-state index contributed by atoms with van der Waals surface area (Å²) in [6, 6.07) is 4.35. The predicted molar refractivity (Wildman–Crippen MR) is 128 cm³/mol. The number of benzene rings is 1. The average Bonchev–Trinajstić information content (AvgIpc) is 2.78. The Morgan fingerprint density at radius 3 is 2.53 bits per heavy atom. The number of hydrogen-bond acceptors (Lipinski definition) is 6. The topological polar surface area (TPSA) is 112 Å². The van der Waals surface area contributed by atoms with Crippen LogP contribution in [0.4, 0.5) is 8.78 Å². The van der Waals surface area contributed by atoms with Gasteiger partial charge in [0.1, 0.15) is 28.5 Å². The van der Waals surface area contributed by atoms with Gasteiger partial charge in [0, 0.05) is 29.9 Å². The summed E-state index contributed by atoms with van der Waals surface area (Å²) >= 11 is 3.25. The molecule has 0 fully saturated rings. The van der Waals surface area contributed by atoms with Gasteiger partial charge in [-0.25, -0.2) is 8.78 Å². The van der Waals surface area contributed by atoms with E-state index in [-0.39, 0.29) is 46.9 Å². The van der Waals surface area contributed by atoms with Crippen LogP contribution in [0.1, 0.15) is 29.6 Å². The first kappa shape index (κ1) is 27.4. The van der Waals surface area contributed by atoms with Gasteiger partial charge in [-0.2, -0.15) is 0 Å². The number of aryl methyl sites for hydroxylation is 1. The molecular formula is C22H23BrClF2N5O3. The van der Waals surface area contributed by atoms with E-state index in [1.54, 1.807) is 32.3 Å². The Balaban J connectivity index is 0.00000408. The Bertz CT molecular complexity index is 1220. The van der Waals surface area contributed by atoms with Crippen molar-refractivity contribution in [1.29, 1.82) is 0 Å². The minimum absolute atomic E-state index is 0. The molecule has 0 aliphatic carbocycles. The van der Waals surface area contributed by atoms with Crippen molar-refractivity contribution in [2.75, 3.05) is 0 Å². The number of carbonyl (C=O) groups is 1. The van der Waals surface area contributed by atoms with Crippen LogP contribution in [0.5, 0.6) is 5.75 Å². The van der Waals surface area contributed by atoms with Crippen LogP contribution in [0, 0.1) is 18.6 Å². The first-order valence-corrected chi connectivity index (χ1v) is 10.7. The van der Waals surface area contributed by atoms with Gasteiger partial charge in [0.05, 0.1) is 36.4 Å². The summed E-state index contributed by atoms with van der Waals surface area (Å²) in [5, 5.41) is 2.93. The van der Waals surface area contributed by atoms with Gasteiger partial charge in [0.2, 0.25) is 5.91 Å². The number of ether oxygens (including phenoxy) is 1. The van der Waals surface area contributed by atoms with Gasteiger partial charge in [0.25, 0.3) is 5.56 Å². The number of rotatable bonds is 9. The lowest BCUT2D eigenvalue weighted by Gasteiger charge is -2.15. The molecule has 0 aliphatic rings. The zero-order valence-electron chi connectivity index (χ0n) is 18.3. The van der Waals surface area contributed by atoms with Crippen LogP contribution in [-0.2, 0) is 24.5 Å². The number of nitrogens with one attached hydrogen (secondary N) is 1. The monoisotopic (exact) mass is 557 g/mol.